The molecule has 4 nitrogen and oxygen atoms in total. The number of nitrogens with one attached hydrogen (secondary N) is 1. The number of ether oxygens (including phenoxy) is 2. The van der Waals surface area contributed by atoms with Crippen LogP contribution in [0.25, 0.3) is 0 Å². The summed E-state index contributed by atoms with van der Waals surface area (Å²) in [5, 5.41) is 2.99. The van der Waals surface area contributed by atoms with Crippen LogP contribution in [-0.2, 0) is 10.2 Å². The molecule has 0 saturated carbocycles. The van der Waals surface area contributed by atoms with E-state index < -0.39 is 6.10 Å². The van der Waals surface area contributed by atoms with E-state index in [-0.39, 0.29) is 17.4 Å². The Morgan fingerprint density at radius 3 is 2.29 bits per heavy atom. The molecule has 0 aliphatic heterocycles. The van der Waals surface area contributed by atoms with Crippen molar-refractivity contribution in [2.24, 2.45) is 0 Å². The highest BCUT2D eigenvalue weighted by atomic mass is 16.5. The molecule has 0 aliphatic carbocycles. The summed E-state index contributed by atoms with van der Waals surface area (Å²) < 4.78 is 11.7. The SMILES string of the molecule is CC[C@@H](Oc1ccc(C(C)(C)C)cc1)C(=O)N[C@H](C)COc1ccccc1C. The summed E-state index contributed by atoms with van der Waals surface area (Å²) in [7, 11) is 0. The van der Waals surface area contributed by atoms with Crippen LogP contribution in [0.1, 0.15) is 52.2 Å². The molecule has 0 unspecified atom stereocenters. The molecule has 0 bridgehead atoms. The number of amides is 1. The molecule has 28 heavy (non-hydrogen) atoms. The molecule has 152 valence electrons. The first-order chi connectivity index (χ1) is 13.2. The van der Waals surface area contributed by atoms with Gasteiger partial charge >= 0.3 is 0 Å². The van der Waals surface area contributed by atoms with Gasteiger partial charge in [-0.25, -0.2) is 0 Å². The lowest BCUT2D eigenvalue weighted by atomic mass is 9.87. The van der Waals surface area contributed by atoms with E-state index in [0.29, 0.717) is 18.8 Å². The lowest BCUT2D eigenvalue weighted by Gasteiger charge is -2.22. The number of aryl methyl sites for hydroxylation is 1. The quantitative estimate of drug-likeness (QED) is 0.695. The molecule has 0 heterocycles. The van der Waals surface area contributed by atoms with Crippen molar-refractivity contribution in [1.82, 2.24) is 5.32 Å². The van der Waals surface area contributed by atoms with E-state index in [4.69, 9.17) is 9.47 Å². The number of hydrogen-bond acceptors (Lipinski definition) is 3. The Morgan fingerprint density at radius 1 is 1.07 bits per heavy atom. The molecule has 0 radical (unpaired) electrons. The lowest BCUT2D eigenvalue weighted by Crippen LogP contribution is -2.44. The second-order valence-corrected chi connectivity index (χ2v) is 8.28. The molecule has 4 heteroatoms. The van der Waals surface area contributed by atoms with Crippen molar-refractivity contribution >= 4 is 5.91 Å². The summed E-state index contributed by atoms with van der Waals surface area (Å²) in [6.45, 7) is 12.8. The van der Waals surface area contributed by atoms with Crippen LogP contribution < -0.4 is 14.8 Å². The zero-order valence-electron chi connectivity index (χ0n) is 17.9. The van der Waals surface area contributed by atoms with E-state index in [0.717, 1.165) is 11.3 Å². The van der Waals surface area contributed by atoms with Crippen LogP contribution in [0.4, 0.5) is 0 Å². The van der Waals surface area contributed by atoms with E-state index in [1.807, 2.05) is 57.2 Å². The Morgan fingerprint density at radius 2 is 1.71 bits per heavy atom. The summed E-state index contributed by atoms with van der Waals surface area (Å²) in [6.07, 6.45) is 0.0690. The highest BCUT2D eigenvalue weighted by Gasteiger charge is 2.21. The minimum Gasteiger partial charge on any atom is -0.491 e. The molecular weight excluding hydrogens is 350 g/mol. The highest BCUT2D eigenvalue weighted by Crippen LogP contribution is 2.25. The molecule has 0 aliphatic rings. The standard InChI is InChI=1S/C24H33NO3/c1-7-21(28-20-14-12-19(13-15-20)24(4,5)6)23(26)25-18(3)16-27-22-11-9-8-10-17(22)2/h8-15,18,21H,7,16H2,1-6H3,(H,25,26)/t18-,21-/m1/s1. The van der Waals surface area contributed by atoms with Gasteiger partial charge in [0.15, 0.2) is 6.10 Å². The first-order valence-corrected chi connectivity index (χ1v) is 9.96. The van der Waals surface area contributed by atoms with E-state index in [9.17, 15) is 4.79 Å². The Bertz CT molecular complexity index is 762. The van der Waals surface area contributed by atoms with E-state index >= 15 is 0 Å². The number of para-hydroxylation sites is 1. The predicted octanol–water partition coefficient (Wildman–Crippen LogP) is 5.03. The summed E-state index contributed by atoms with van der Waals surface area (Å²) in [5.74, 6) is 1.42. The molecule has 0 saturated heterocycles. The first kappa shape index (κ1) is 21.8. The van der Waals surface area contributed by atoms with Crippen molar-refractivity contribution in [3.05, 3.63) is 59.7 Å². The Hall–Kier alpha value is -2.49. The average molecular weight is 384 g/mol. The Kier molecular flexibility index (Phi) is 7.50. The first-order valence-electron chi connectivity index (χ1n) is 9.96. The maximum absolute atomic E-state index is 12.6. The summed E-state index contributed by atoms with van der Waals surface area (Å²) in [5.41, 5.74) is 2.40. The van der Waals surface area contributed by atoms with Crippen LogP contribution in [0.5, 0.6) is 11.5 Å². The van der Waals surface area contributed by atoms with E-state index in [2.05, 4.69) is 38.2 Å². The normalized spacial score (nSPS) is 13.5. The second-order valence-electron chi connectivity index (χ2n) is 8.28. The van der Waals surface area contributed by atoms with Gasteiger partial charge in [0.2, 0.25) is 0 Å². The van der Waals surface area contributed by atoms with Crippen molar-refractivity contribution in [3.8, 4) is 11.5 Å². The number of carbonyl (C=O) groups excluding carboxylic acids is 1. The molecule has 0 fully saturated rings. The van der Waals surface area contributed by atoms with Crippen molar-refractivity contribution < 1.29 is 14.3 Å². The average Bonchev–Trinajstić information content (AvgIpc) is 2.65. The van der Waals surface area contributed by atoms with Gasteiger partial charge < -0.3 is 14.8 Å². The third-order valence-corrected chi connectivity index (χ3v) is 4.63. The maximum atomic E-state index is 12.6. The van der Waals surface area contributed by atoms with Crippen molar-refractivity contribution in [3.63, 3.8) is 0 Å². The summed E-state index contributed by atoms with van der Waals surface area (Å²) in [6, 6.07) is 15.7. The molecule has 2 rings (SSSR count). The maximum Gasteiger partial charge on any atom is 0.261 e. The second kappa shape index (κ2) is 9.63. The van der Waals surface area contributed by atoms with Crippen molar-refractivity contribution in [2.75, 3.05) is 6.61 Å². The smallest absolute Gasteiger partial charge is 0.261 e. The van der Waals surface area contributed by atoms with Crippen molar-refractivity contribution in [2.45, 2.75) is 65.5 Å². The number of hydrogen-bond donors (Lipinski definition) is 1. The largest absolute Gasteiger partial charge is 0.491 e. The third kappa shape index (κ3) is 6.29. The molecule has 0 aromatic heterocycles. The van der Waals surface area contributed by atoms with Crippen LogP contribution in [0.3, 0.4) is 0 Å². The molecule has 1 amide bonds. The van der Waals surface area contributed by atoms with Gasteiger partial charge in [0.05, 0.1) is 6.04 Å². The molecular formula is C24H33NO3. The Balaban J connectivity index is 1.89. The number of rotatable bonds is 8. The molecule has 2 aromatic rings. The number of benzene rings is 2. The Labute approximate surface area is 169 Å². The lowest BCUT2D eigenvalue weighted by molar-refractivity contribution is -0.128. The van der Waals surface area contributed by atoms with Crippen LogP contribution in [0.2, 0.25) is 0 Å². The summed E-state index contributed by atoms with van der Waals surface area (Å²) >= 11 is 0. The summed E-state index contributed by atoms with van der Waals surface area (Å²) in [4.78, 5) is 12.6. The number of carbonyl (C=O) groups is 1. The van der Waals surface area contributed by atoms with Crippen LogP contribution in [0.15, 0.2) is 48.5 Å². The van der Waals surface area contributed by atoms with E-state index in [1.54, 1.807) is 0 Å². The fraction of sp³-hybridized carbons (Fsp3) is 0.458. The van der Waals surface area contributed by atoms with Gasteiger partial charge in [-0.2, -0.15) is 0 Å². The zero-order valence-corrected chi connectivity index (χ0v) is 17.9. The van der Waals surface area contributed by atoms with Gasteiger partial charge in [-0.1, -0.05) is 58.0 Å². The van der Waals surface area contributed by atoms with Crippen LogP contribution in [0, 0.1) is 6.92 Å². The molecule has 2 aromatic carbocycles. The van der Waals surface area contributed by atoms with E-state index in [1.165, 1.54) is 5.56 Å². The van der Waals surface area contributed by atoms with Gasteiger partial charge in [0.25, 0.3) is 5.91 Å². The van der Waals surface area contributed by atoms with Gasteiger partial charge in [-0.3, -0.25) is 4.79 Å². The third-order valence-electron chi connectivity index (χ3n) is 4.63. The van der Waals surface area contributed by atoms with Gasteiger partial charge in [0, 0.05) is 0 Å². The zero-order chi connectivity index (χ0) is 20.7. The fourth-order valence-corrected chi connectivity index (χ4v) is 2.83. The van der Waals surface area contributed by atoms with Crippen LogP contribution in [-0.4, -0.2) is 24.7 Å². The van der Waals surface area contributed by atoms with Crippen LogP contribution >= 0.6 is 0 Å². The predicted molar refractivity (Wildman–Crippen MR) is 114 cm³/mol. The minimum atomic E-state index is -0.526. The monoisotopic (exact) mass is 383 g/mol. The van der Waals surface area contributed by atoms with Crippen molar-refractivity contribution in [1.29, 1.82) is 0 Å². The van der Waals surface area contributed by atoms with Gasteiger partial charge in [-0.05, 0) is 55.0 Å². The van der Waals surface area contributed by atoms with Gasteiger partial charge in [0.1, 0.15) is 18.1 Å². The molecule has 2 atom stereocenters. The minimum absolute atomic E-state index is 0.0899. The molecule has 0 spiro atoms. The topological polar surface area (TPSA) is 47.6 Å². The van der Waals surface area contributed by atoms with Gasteiger partial charge in [-0.15, -0.1) is 0 Å². The fourth-order valence-electron chi connectivity index (χ4n) is 2.83. The highest BCUT2D eigenvalue weighted by molar-refractivity contribution is 5.81. The molecule has 1 N–H and O–H groups in total.